The number of hydrogen-bond donors (Lipinski definition) is 0. The largest absolute Gasteiger partial charge is 0.339 e. The molecular formula is C22H28ClN5O4S. The first-order valence-electron chi connectivity index (χ1n) is 11.0. The average molecular weight is 494 g/mol. The van der Waals surface area contributed by atoms with Crippen LogP contribution in [0.1, 0.15) is 29.0 Å². The molecule has 0 aliphatic carbocycles. The molecule has 9 nitrogen and oxygen atoms in total. The SMILES string of the molecule is Cc1nc(S(=O)(=O)N2CCC(C(=O)N3CCN(C(=O)c4cccc(Cl)c4)CC3)CC2)cn1C. The van der Waals surface area contributed by atoms with E-state index in [-0.39, 0.29) is 22.8 Å². The van der Waals surface area contributed by atoms with Crippen LogP contribution in [-0.4, -0.2) is 83.2 Å². The summed E-state index contributed by atoms with van der Waals surface area (Å²) < 4.78 is 28.9. The van der Waals surface area contributed by atoms with Gasteiger partial charge >= 0.3 is 0 Å². The summed E-state index contributed by atoms with van der Waals surface area (Å²) in [5.41, 5.74) is 0.541. The topological polar surface area (TPSA) is 95.8 Å². The van der Waals surface area contributed by atoms with Crippen molar-refractivity contribution in [1.29, 1.82) is 0 Å². The summed E-state index contributed by atoms with van der Waals surface area (Å²) in [5, 5.41) is 0.564. The maximum Gasteiger partial charge on any atom is 0.262 e. The summed E-state index contributed by atoms with van der Waals surface area (Å²) in [7, 11) is -1.90. The molecule has 2 aromatic rings. The summed E-state index contributed by atoms with van der Waals surface area (Å²) in [6.07, 6.45) is 2.48. The lowest BCUT2D eigenvalue weighted by atomic mass is 9.96. The Morgan fingerprint density at radius 2 is 1.67 bits per heavy atom. The van der Waals surface area contributed by atoms with Gasteiger partial charge in [0, 0.05) is 69.0 Å². The number of aromatic nitrogens is 2. The van der Waals surface area contributed by atoms with Gasteiger partial charge in [-0.3, -0.25) is 9.59 Å². The minimum absolute atomic E-state index is 0.0376. The van der Waals surface area contributed by atoms with Gasteiger partial charge in [-0.1, -0.05) is 17.7 Å². The van der Waals surface area contributed by atoms with Crippen molar-refractivity contribution in [2.75, 3.05) is 39.3 Å². The third-order valence-electron chi connectivity index (χ3n) is 6.44. The Balaban J connectivity index is 1.30. The number of piperazine rings is 1. The van der Waals surface area contributed by atoms with Gasteiger partial charge in [0.1, 0.15) is 5.82 Å². The zero-order valence-corrected chi connectivity index (χ0v) is 20.3. The van der Waals surface area contributed by atoms with E-state index in [2.05, 4.69) is 4.98 Å². The van der Waals surface area contributed by atoms with Crippen molar-refractivity contribution in [2.45, 2.75) is 24.8 Å². The van der Waals surface area contributed by atoms with Gasteiger partial charge in [-0.25, -0.2) is 13.4 Å². The fourth-order valence-electron chi connectivity index (χ4n) is 4.32. The van der Waals surface area contributed by atoms with Gasteiger partial charge in [-0.15, -0.1) is 0 Å². The molecule has 0 saturated carbocycles. The normalized spacial score (nSPS) is 18.5. The molecule has 0 unspecified atom stereocenters. The van der Waals surface area contributed by atoms with E-state index in [9.17, 15) is 18.0 Å². The Morgan fingerprint density at radius 1 is 1.03 bits per heavy atom. The van der Waals surface area contributed by atoms with Crippen LogP contribution >= 0.6 is 11.6 Å². The number of nitrogens with zero attached hydrogens (tertiary/aromatic N) is 5. The summed E-state index contributed by atoms with van der Waals surface area (Å²) in [6.45, 7) is 4.20. The number of aryl methyl sites for hydroxylation is 2. The summed E-state index contributed by atoms with van der Waals surface area (Å²) in [6, 6.07) is 6.86. The fourth-order valence-corrected chi connectivity index (χ4v) is 6.00. The van der Waals surface area contributed by atoms with E-state index in [1.165, 1.54) is 10.5 Å². The molecule has 0 radical (unpaired) electrons. The van der Waals surface area contributed by atoms with Crippen LogP contribution in [0.15, 0.2) is 35.5 Å². The standard InChI is InChI=1S/C22H28ClN5O4S/c1-16-24-20(15-25(16)2)33(31,32)28-8-6-17(7-9-28)21(29)26-10-12-27(13-11-26)22(30)18-4-3-5-19(23)14-18/h3-5,14-15,17H,6-13H2,1-2H3. The maximum atomic E-state index is 13.0. The molecule has 1 aromatic carbocycles. The van der Waals surface area contributed by atoms with Crippen LogP contribution in [-0.2, 0) is 21.9 Å². The van der Waals surface area contributed by atoms with Crippen molar-refractivity contribution in [3.63, 3.8) is 0 Å². The lowest BCUT2D eigenvalue weighted by molar-refractivity contribution is -0.138. The Hall–Kier alpha value is -2.43. The number of amides is 2. The van der Waals surface area contributed by atoms with Crippen molar-refractivity contribution >= 4 is 33.4 Å². The Kier molecular flexibility index (Phi) is 6.78. The lowest BCUT2D eigenvalue weighted by Crippen LogP contribution is -2.53. The highest BCUT2D eigenvalue weighted by molar-refractivity contribution is 7.89. The monoisotopic (exact) mass is 493 g/mol. The second-order valence-electron chi connectivity index (χ2n) is 8.54. The molecule has 0 bridgehead atoms. The van der Waals surface area contributed by atoms with E-state index in [0.717, 1.165) is 0 Å². The maximum absolute atomic E-state index is 13.0. The van der Waals surface area contributed by atoms with Crippen LogP contribution in [0, 0.1) is 12.8 Å². The van der Waals surface area contributed by atoms with Crippen LogP contribution in [0.4, 0.5) is 0 Å². The molecule has 11 heteroatoms. The Morgan fingerprint density at radius 3 is 2.24 bits per heavy atom. The highest BCUT2D eigenvalue weighted by atomic mass is 35.5. The van der Waals surface area contributed by atoms with Crippen LogP contribution in [0.2, 0.25) is 5.02 Å². The first-order valence-corrected chi connectivity index (χ1v) is 12.8. The van der Waals surface area contributed by atoms with E-state index in [1.54, 1.807) is 52.6 Å². The highest BCUT2D eigenvalue weighted by Gasteiger charge is 2.36. The zero-order chi connectivity index (χ0) is 23.8. The molecule has 1 aromatic heterocycles. The number of hydrogen-bond acceptors (Lipinski definition) is 5. The number of benzene rings is 1. The molecule has 0 N–H and O–H groups in total. The lowest BCUT2D eigenvalue weighted by Gasteiger charge is -2.38. The quantitative estimate of drug-likeness (QED) is 0.646. The summed E-state index contributed by atoms with van der Waals surface area (Å²) >= 11 is 5.99. The summed E-state index contributed by atoms with van der Waals surface area (Å²) in [4.78, 5) is 33.4. The number of sulfonamides is 1. The first-order chi connectivity index (χ1) is 15.7. The highest BCUT2D eigenvalue weighted by Crippen LogP contribution is 2.25. The molecule has 2 saturated heterocycles. The molecule has 0 spiro atoms. The van der Waals surface area contributed by atoms with Crippen LogP contribution in [0.25, 0.3) is 0 Å². The third kappa shape index (κ3) is 4.92. The molecule has 33 heavy (non-hydrogen) atoms. The molecule has 2 fully saturated rings. The van der Waals surface area contributed by atoms with Gasteiger partial charge in [0.2, 0.25) is 5.91 Å². The Labute approximate surface area is 199 Å². The van der Waals surface area contributed by atoms with Crippen molar-refractivity contribution < 1.29 is 18.0 Å². The minimum atomic E-state index is -3.66. The number of piperidine rings is 1. The van der Waals surface area contributed by atoms with Crippen molar-refractivity contribution in [2.24, 2.45) is 13.0 Å². The average Bonchev–Trinajstić information content (AvgIpc) is 3.17. The molecule has 3 heterocycles. The molecule has 2 amide bonds. The predicted octanol–water partition coefficient (Wildman–Crippen LogP) is 1.77. The Bertz CT molecular complexity index is 1130. The first kappa shape index (κ1) is 23.7. The molecule has 0 atom stereocenters. The van der Waals surface area contributed by atoms with E-state index >= 15 is 0 Å². The molecule has 178 valence electrons. The second kappa shape index (κ2) is 9.44. The summed E-state index contributed by atoms with van der Waals surface area (Å²) in [5.74, 6) is 0.368. The third-order valence-corrected chi connectivity index (χ3v) is 8.45. The van der Waals surface area contributed by atoms with Crippen LogP contribution in [0.3, 0.4) is 0 Å². The number of carbonyl (C=O) groups excluding carboxylic acids is 2. The molecule has 2 aliphatic rings. The molecule has 4 rings (SSSR count). The van der Waals surface area contributed by atoms with E-state index < -0.39 is 10.0 Å². The van der Waals surface area contributed by atoms with Gasteiger partial charge in [-0.05, 0) is 38.0 Å². The van der Waals surface area contributed by atoms with Crippen molar-refractivity contribution in [3.8, 4) is 0 Å². The minimum Gasteiger partial charge on any atom is -0.339 e. The fraction of sp³-hybridized carbons (Fsp3) is 0.500. The van der Waals surface area contributed by atoms with Gasteiger partial charge in [0.25, 0.3) is 15.9 Å². The van der Waals surface area contributed by atoms with Gasteiger partial charge < -0.3 is 14.4 Å². The number of imidazole rings is 1. The van der Waals surface area contributed by atoms with Gasteiger partial charge in [0.05, 0.1) is 0 Å². The van der Waals surface area contributed by atoms with Crippen molar-refractivity contribution in [3.05, 3.63) is 46.9 Å². The number of carbonyl (C=O) groups is 2. The van der Waals surface area contributed by atoms with Crippen LogP contribution in [0.5, 0.6) is 0 Å². The van der Waals surface area contributed by atoms with Crippen molar-refractivity contribution in [1.82, 2.24) is 23.7 Å². The van der Waals surface area contributed by atoms with E-state index in [4.69, 9.17) is 11.6 Å². The second-order valence-corrected chi connectivity index (χ2v) is 10.9. The van der Waals surface area contributed by atoms with E-state index in [0.29, 0.717) is 68.5 Å². The number of rotatable bonds is 4. The van der Waals surface area contributed by atoms with Gasteiger partial charge in [0.15, 0.2) is 5.03 Å². The molecular weight excluding hydrogens is 466 g/mol. The smallest absolute Gasteiger partial charge is 0.262 e. The predicted molar refractivity (Wildman–Crippen MR) is 123 cm³/mol. The molecule has 2 aliphatic heterocycles. The number of halogens is 1. The zero-order valence-electron chi connectivity index (χ0n) is 18.8. The van der Waals surface area contributed by atoms with E-state index in [1.807, 2.05) is 0 Å². The van der Waals surface area contributed by atoms with Crippen LogP contribution < -0.4 is 0 Å². The van der Waals surface area contributed by atoms with Gasteiger partial charge in [-0.2, -0.15) is 4.31 Å².